The van der Waals surface area contributed by atoms with Gasteiger partial charge in [-0.25, -0.2) is 0 Å². The summed E-state index contributed by atoms with van der Waals surface area (Å²) < 4.78 is 10.9. The van der Waals surface area contributed by atoms with Gasteiger partial charge in [-0.1, -0.05) is 47.5 Å². The smallest absolute Gasteiger partial charge is 0.258 e. The summed E-state index contributed by atoms with van der Waals surface area (Å²) in [4.78, 5) is 79.3. The Kier molecular flexibility index (Phi) is 20.0. The SMILES string of the molecule is COc1cccc(CCCl)c1NC(=O)c1cc(Cl)cc(N=NC(C(C)=O)C(=O)Nc2ccc(NC(=O)C(N=Nc3cc(Cl)cc(C(=O)Nc4c(CCCl)cccc4OC)c3)C(C)=O)c(CCCl)c2)c1. The number of aryl methyl sites for hydroxylation is 3. The third-order valence-electron chi connectivity index (χ3n) is 10.00. The molecule has 0 bridgehead atoms. The minimum atomic E-state index is -1.62. The van der Waals surface area contributed by atoms with E-state index < -0.39 is 47.3 Å². The number of nitrogens with zero attached hydrogens (tertiary/aromatic N) is 4. The van der Waals surface area contributed by atoms with Crippen LogP contribution in [0.15, 0.2) is 111 Å². The number of azo groups is 2. The number of para-hydroxylation sites is 2. The molecule has 4 N–H and O–H groups in total. The van der Waals surface area contributed by atoms with Gasteiger partial charge in [0.1, 0.15) is 11.5 Å². The topological polar surface area (TPSA) is 218 Å². The molecule has 0 aliphatic rings. The second kappa shape index (κ2) is 25.8. The molecular formula is C48H45Cl5N8O8. The second-order valence-electron chi connectivity index (χ2n) is 14.9. The lowest BCUT2D eigenvalue weighted by atomic mass is 10.1. The molecule has 4 amide bonds. The largest absolute Gasteiger partial charge is 0.495 e. The van der Waals surface area contributed by atoms with E-state index in [-0.39, 0.29) is 56.2 Å². The maximum Gasteiger partial charge on any atom is 0.258 e. The predicted octanol–water partition coefficient (Wildman–Crippen LogP) is 11.2. The molecule has 360 valence electrons. The van der Waals surface area contributed by atoms with Gasteiger partial charge in [-0.2, -0.15) is 20.5 Å². The molecule has 0 radical (unpaired) electrons. The van der Waals surface area contributed by atoms with E-state index in [1.54, 1.807) is 24.3 Å². The fraction of sp³-hybridized carbons (Fsp3) is 0.250. The Labute approximate surface area is 422 Å². The Hall–Kier alpha value is -6.43. The molecule has 0 spiro atoms. The highest BCUT2D eigenvalue weighted by molar-refractivity contribution is 6.32. The quantitative estimate of drug-likeness (QED) is 0.0296. The van der Waals surface area contributed by atoms with Gasteiger partial charge in [0.2, 0.25) is 12.1 Å². The van der Waals surface area contributed by atoms with Gasteiger partial charge in [0.15, 0.2) is 11.6 Å². The molecule has 2 unspecified atom stereocenters. The molecule has 69 heavy (non-hydrogen) atoms. The Morgan fingerprint density at radius 1 is 0.536 bits per heavy atom. The first-order valence-electron chi connectivity index (χ1n) is 20.9. The number of carbonyl (C=O) groups is 6. The standard InChI is InChI=1S/C48H45Cl5N8O8/c1-26(62)41(60-58-36-22-31(19-33(52)24-36)45(64)56-43-28(13-16-49)7-5-9-39(43)68-3)47(66)54-35-11-12-38(30(21-35)15-18-51)55-48(67)42(27(2)63)61-59-37-23-32(20-34(53)25-37)46(65)57-44-29(14-17-50)8-6-10-40(44)69-4/h5-12,19-25,41-42H,13-18H2,1-4H3,(H,54,66)(H,55,67)(H,56,64)(H,57,65). The number of rotatable bonds is 22. The van der Waals surface area contributed by atoms with Crippen molar-refractivity contribution in [2.45, 2.75) is 45.2 Å². The first-order valence-corrected chi connectivity index (χ1v) is 23.3. The van der Waals surface area contributed by atoms with Gasteiger partial charge in [-0.15, -0.1) is 34.8 Å². The zero-order chi connectivity index (χ0) is 50.2. The molecule has 2 atom stereocenters. The fourth-order valence-corrected chi connectivity index (χ4v) is 7.76. The molecule has 0 fully saturated rings. The van der Waals surface area contributed by atoms with Gasteiger partial charge < -0.3 is 30.7 Å². The van der Waals surface area contributed by atoms with E-state index in [0.29, 0.717) is 53.0 Å². The lowest BCUT2D eigenvalue weighted by Crippen LogP contribution is -2.32. The monoisotopic (exact) mass is 1040 g/mol. The number of carbonyl (C=O) groups excluding carboxylic acids is 6. The lowest BCUT2D eigenvalue weighted by molar-refractivity contribution is -0.127. The number of halogens is 5. The lowest BCUT2D eigenvalue weighted by Gasteiger charge is -2.16. The molecule has 0 aliphatic carbocycles. The van der Waals surface area contributed by atoms with Crippen LogP contribution in [0.1, 0.15) is 51.3 Å². The van der Waals surface area contributed by atoms with E-state index in [1.807, 2.05) is 12.1 Å². The van der Waals surface area contributed by atoms with E-state index in [1.165, 1.54) is 68.8 Å². The van der Waals surface area contributed by atoms with E-state index in [2.05, 4.69) is 41.7 Å². The summed E-state index contributed by atoms with van der Waals surface area (Å²) in [6.45, 7) is 2.33. The van der Waals surface area contributed by atoms with Crippen LogP contribution < -0.4 is 30.7 Å². The normalized spacial score (nSPS) is 12.0. The van der Waals surface area contributed by atoms with Gasteiger partial charge in [-0.05, 0) is 117 Å². The minimum Gasteiger partial charge on any atom is -0.495 e. The van der Waals surface area contributed by atoms with E-state index >= 15 is 0 Å². The highest BCUT2D eigenvalue weighted by Crippen LogP contribution is 2.33. The average molecular weight is 1040 g/mol. The number of methoxy groups -OCH3 is 2. The summed E-state index contributed by atoms with van der Waals surface area (Å²) in [6, 6.07) is 20.2. The third kappa shape index (κ3) is 14.8. The van der Waals surface area contributed by atoms with E-state index in [0.717, 1.165) is 25.0 Å². The molecule has 0 saturated heterocycles. The van der Waals surface area contributed by atoms with Crippen LogP contribution in [-0.2, 0) is 38.4 Å². The van der Waals surface area contributed by atoms with Crippen LogP contribution in [0.25, 0.3) is 0 Å². The number of hydrogen-bond acceptors (Lipinski definition) is 12. The maximum atomic E-state index is 13.6. The molecule has 0 saturated carbocycles. The molecule has 0 aliphatic heterocycles. The number of ketones is 2. The number of ether oxygens (including phenoxy) is 2. The number of Topliss-reactive ketones (excluding diaryl/α,β-unsaturated/α-hetero) is 2. The van der Waals surface area contributed by atoms with Crippen molar-refractivity contribution >= 4 is 127 Å². The van der Waals surface area contributed by atoms with Crippen molar-refractivity contribution in [2.24, 2.45) is 20.5 Å². The van der Waals surface area contributed by atoms with Crippen LogP contribution in [0, 0.1) is 0 Å². The van der Waals surface area contributed by atoms with Crippen molar-refractivity contribution in [3.63, 3.8) is 0 Å². The van der Waals surface area contributed by atoms with Gasteiger partial charge in [0, 0.05) is 50.2 Å². The van der Waals surface area contributed by atoms with E-state index in [4.69, 9.17) is 67.5 Å². The zero-order valence-electron chi connectivity index (χ0n) is 37.5. The van der Waals surface area contributed by atoms with Crippen LogP contribution in [0.5, 0.6) is 11.5 Å². The van der Waals surface area contributed by atoms with Crippen LogP contribution in [0.2, 0.25) is 10.0 Å². The predicted molar refractivity (Wildman–Crippen MR) is 270 cm³/mol. The number of anilines is 4. The van der Waals surface area contributed by atoms with Crippen molar-refractivity contribution in [1.29, 1.82) is 0 Å². The molecule has 5 rings (SSSR count). The Bertz CT molecular complexity index is 2810. The van der Waals surface area contributed by atoms with Crippen molar-refractivity contribution in [1.82, 2.24) is 0 Å². The average Bonchev–Trinajstić information content (AvgIpc) is 3.30. The number of nitrogens with one attached hydrogen (secondary N) is 4. The Balaban J connectivity index is 1.29. The van der Waals surface area contributed by atoms with Gasteiger partial charge in [0.05, 0.1) is 37.0 Å². The Morgan fingerprint density at radius 3 is 1.39 bits per heavy atom. The van der Waals surface area contributed by atoms with Crippen molar-refractivity contribution in [3.8, 4) is 11.5 Å². The van der Waals surface area contributed by atoms with Crippen LogP contribution in [0.3, 0.4) is 0 Å². The Morgan fingerprint density at radius 2 is 0.971 bits per heavy atom. The summed E-state index contributed by atoms with van der Waals surface area (Å²) in [5.41, 5.74) is 3.69. The molecule has 21 heteroatoms. The first kappa shape index (κ1) is 53.5. The molecule has 0 aromatic heterocycles. The van der Waals surface area contributed by atoms with Crippen LogP contribution in [-0.4, -0.2) is 79.1 Å². The first-order chi connectivity index (χ1) is 33.1. The summed E-state index contributed by atoms with van der Waals surface area (Å²) >= 11 is 30.8. The summed E-state index contributed by atoms with van der Waals surface area (Å²) in [5.74, 6) is -2.47. The number of amides is 4. The summed E-state index contributed by atoms with van der Waals surface area (Å²) in [6.07, 6.45) is 1.13. The summed E-state index contributed by atoms with van der Waals surface area (Å²) in [7, 11) is 2.95. The zero-order valence-corrected chi connectivity index (χ0v) is 41.3. The highest BCUT2D eigenvalue weighted by atomic mass is 35.5. The fourth-order valence-electron chi connectivity index (χ4n) is 6.69. The summed E-state index contributed by atoms with van der Waals surface area (Å²) in [5, 5.41) is 27.4. The number of alkyl halides is 3. The molecule has 16 nitrogen and oxygen atoms in total. The third-order valence-corrected chi connectivity index (χ3v) is 11.0. The van der Waals surface area contributed by atoms with Crippen molar-refractivity contribution in [3.05, 3.63) is 129 Å². The highest BCUT2D eigenvalue weighted by Gasteiger charge is 2.26. The molecule has 5 aromatic carbocycles. The molecular weight excluding hydrogens is 994 g/mol. The minimum absolute atomic E-state index is 0.0844. The van der Waals surface area contributed by atoms with Crippen LogP contribution in [0.4, 0.5) is 34.1 Å². The number of hydrogen-bond donors (Lipinski definition) is 4. The van der Waals surface area contributed by atoms with Gasteiger partial charge >= 0.3 is 0 Å². The molecule has 0 heterocycles. The second-order valence-corrected chi connectivity index (χ2v) is 16.9. The van der Waals surface area contributed by atoms with Crippen molar-refractivity contribution < 1.29 is 38.2 Å². The van der Waals surface area contributed by atoms with Crippen molar-refractivity contribution in [2.75, 3.05) is 53.1 Å². The van der Waals surface area contributed by atoms with Gasteiger partial charge in [0.25, 0.3) is 23.6 Å². The van der Waals surface area contributed by atoms with Gasteiger partial charge in [-0.3, -0.25) is 28.8 Å². The maximum absolute atomic E-state index is 13.6. The number of benzene rings is 5. The molecule has 5 aromatic rings. The van der Waals surface area contributed by atoms with E-state index in [9.17, 15) is 28.8 Å². The van der Waals surface area contributed by atoms with Crippen LogP contribution >= 0.6 is 58.0 Å².